The van der Waals surface area contributed by atoms with Crippen LogP contribution in [0.15, 0.2) is 91.0 Å². The van der Waals surface area contributed by atoms with Gasteiger partial charge in [0.05, 0.1) is 30.0 Å². The molecule has 2 fully saturated rings. The molecule has 0 spiro atoms. The molecule has 0 N–H and O–H groups in total. The Morgan fingerprint density at radius 2 is 1.30 bits per heavy atom. The van der Waals surface area contributed by atoms with E-state index < -0.39 is 23.7 Å². The Balaban J connectivity index is 1.01. The summed E-state index contributed by atoms with van der Waals surface area (Å²) in [7, 11) is 0. The number of imide groups is 1. The lowest BCUT2D eigenvalue weighted by Gasteiger charge is -2.45. The van der Waals surface area contributed by atoms with E-state index in [1.807, 2.05) is 31.2 Å². The molecule has 2 bridgehead atoms. The van der Waals surface area contributed by atoms with Crippen molar-refractivity contribution in [2.24, 2.45) is 17.8 Å². The zero-order valence-corrected chi connectivity index (χ0v) is 25.5. The Labute approximate surface area is 266 Å². The van der Waals surface area contributed by atoms with Crippen LogP contribution in [0.25, 0.3) is 0 Å². The van der Waals surface area contributed by atoms with Crippen molar-refractivity contribution in [1.29, 1.82) is 0 Å². The first-order valence-electron chi connectivity index (χ1n) is 15.8. The van der Waals surface area contributed by atoms with Crippen LogP contribution >= 0.6 is 0 Å². The van der Waals surface area contributed by atoms with Crippen LogP contribution in [0, 0.1) is 24.7 Å². The molecule has 0 saturated carbocycles. The Bertz CT molecular complexity index is 1820. The minimum Gasteiger partial charge on any atom is -0.494 e. The molecular weight excluding hydrogens is 580 g/mol. The standard InChI is InChI=1S/C38H32N2O6/c1-3-45-24-14-12-23(13-15-24)39-20-22(19-31(39)41)38(44)46-25-16-17-30(21(2)18-25)40-36(42)34-32-26-8-4-5-9-27(26)33(35(34)37(40)43)29-11-7-6-10-28(29)32/h4-18,22,32-35H,3,19-20H2,1-2H3/t22-,32?,33?,34-,35-/m1/s1. The second-order valence-corrected chi connectivity index (χ2v) is 12.5. The van der Waals surface area contributed by atoms with Gasteiger partial charge in [0, 0.05) is 30.5 Å². The monoisotopic (exact) mass is 612 g/mol. The van der Waals surface area contributed by atoms with Gasteiger partial charge in [-0.1, -0.05) is 48.5 Å². The van der Waals surface area contributed by atoms with Crippen LogP contribution < -0.4 is 19.3 Å². The molecule has 8 heteroatoms. The molecule has 3 aliphatic carbocycles. The van der Waals surface area contributed by atoms with Gasteiger partial charge in [-0.15, -0.1) is 0 Å². The molecule has 46 heavy (non-hydrogen) atoms. The van der Waals surface area contributed by atoms with E-state index >= 15 is 0 Å². The van der Waals surface area contributed by atoms with Gasteiger partial charge in [0.1, 0.15) is 11.5 Å². The Morgan fingerprint density at radius 3 is 1.83 bits per heavy atom. The van der Waals surface area contributed by atoms with E-state index in [9.17, 15) is 19.2 Å². The van der Waals surface area contributed by atoms with Crippen LogP contribution in [0.4, 0.5) is 11.4 Å². The zero-order chi connectivity index (χ0) is 31.7. The summed E-state index contributed by atoms with van der Waals surface area (Å²) in [4.78, 5) is 57.2. The second-order valence-electron chi connectivity index (χ2n) is 12.5. The van der Waals surface area contributed by atoms with Crippen molar-refractivity contribution < 1.29 is 28.7 Å². The van der Waals surface area contributed by atoms with Crippen LogP contribution in [0.1, 0.15) is 53.0 Å². The summed E-state index contributed by atoms with van der Waals surface area (Å²) >= 11 is 0. The number of esters is 1. The van der Waals surface area contributed by atoms with E-state index in [0.717, 1.165) is 22.3 Å². The van der Waals surface area contributed by atoms with Gasteiger partial charge in [0.15, 0.2) is 0 Å². The minimum absolute atomic E-state index is 0.0514. The van der Waals surface area contributed by atoms with Gasteiger partial charge < -0.3 is 14.4 Å². The van der Waals surface area contributed by atoms with E-state index in [-0.39, 0.29) is 42.5 Å². The summed E-state index contributed by atoms with van der Waals surface area (Å²) < 4.78 is 11.2. The van der Waals surface area contributed by atoms with Gasteiger partial charge >= 0.3 is 5.97 Å². The molecule has 230 valence electrons. The van der Waals surface area contributed by atoms with Crippen LogP contribution in [-0.4, -0.2) is 36.8 Å². The largest absolute Gasteiger partial charge is 0.494 e. The summed E-state index contributed by atoms with van der Waals surface area (Å²) in [5.41, 5.74) is 6.34. The van der Waals surface area contributed by atoms with Gasteiger partial charge in [0.25, 0.3) is 0 Å². The number of hydrogen-bond acceptors (Lipinski definition) is 6. The van der Waals surface area contributed by atoms with Crippen molar-refractivity contribution in [2.75, 3.05) is 23.0 Å². The number of benzene rings is 4. The molecule has 4 aromatic rings. The van der Waals surface area contributed by atoms with Crippen molar-refractivity contribution in [1.82, 2.24) is 0 Å². The Hall–Kier alpha value is -5.24. The van der Waals surface area contributed by atoms with Crippen molar-refractivity contribution in [3.05, 3.63) is 119 Å². The maximum absolute atomic E-state index is 14.2. The molecule has 0 radical (unpaired) electrons. The lowest BCUT2D eigenvalue weighted by Crippen LogP contribution is -2.41. The highest BCUT2D eigenvalue weighted by Gasteiger charge is 2.61. The number of amides is 3. The fourth-order valence-corrected chi connectivity index (χ4v) is 8.06. The van der Waals surface area contributed by atoms with Crippen LogP contribution in [0.2, 0.25) is 0 Å². The molecule has 9 rings (SSSR count). The fourth-order valence-electron chi connectivity index (χ4n) is 8.06. The van der Waals surface area contributed by atoms with Crippen molar-refractivity contribution >= 4 is 35.1 Å². The summed E-state index contributed by atoms with van der Waals surface area (Å²) in [5.74, 6) is -1.95. The number of anilines is 2. The van der Waals surface area contributed by atoms with Gasteiger partial charge in [0.2, 0.25) is 17.7 Å². The molecule has 3 amide bonds. The molecule has 8 nitrogen and oxygen atoms in total. The fraction of sp³-hybridized carbons (Fsp3) is 0.263. The van der Waals surface area contributed by atoms with Crippen molar-refractivity contribution in [3.8, 4) is 11.5 Å². The van der Waals surface area contributed by atoms with E-state index in [4.69, 9.17) is 9.47 Å². The molecular formula is C38H32N2O6. The highest BCUT2D eigenvalue weighted by molar-refractivity contribution is 6.23. The van der Waals surface area contributed by atoms with Crippen LogP contribution in [0.5, 0.6) is 11.5 Å². The number of aryl methyl sites for hydroxylation is 1. The summed E-state index contributed by atoms with van der Waals surface area (Å²) in [6.45, 7) is 4.48. The molecule has 2 saturated heterocycles. The Kier molecular flexibility index (Phi) is 6.56. The molecule has 0 aromatic heterocycles. The van der Waals surface area contributed by atoms with E-state index in [1.165, 1.54) is 4.90 Å². The van der Waals surface area contributed by atoms with E-state index in [0.29, 0.717) is 35.0 Å². The number of carbonyl (C=O) groups is 4. The molecule has 5 aliphatic rings. The van der Waals surface area contributed by atoms with E-state index in [2.05, 4.69) is 24.3 Å². The first kappa shape index (κ1) is 28.2. The molecule has 4 aromatic carbocycles. The first-order valence-corrected chi connectivity index (χ1v) is 15.8. The van der Waals surface area contributed by atoms with Crippen molar-refractivity contribution in [2.45, 2.75) is 32.1 Å². The molecule has 3 atom stereocenters. The Morgan fingerprint density at radius 1 is 0.761 bits per heavy atom. The molecule has 2 aliphatic heterocycles. The second kappa shape index (κ2) is 10.7. The number of rotatable bonds is 6. The third-order valence-corrected chi connectivity index (χ3v) is 9.99. The average Bonchev–Trinajstić information content (AvgIpc) is 3.58. The van der Waals surface area contributed by atoms with Crippen LogP contribution in [0.3, 0.4) is 0 Å². The zero-order valence-electron chi connectivity index (χ0n) is 25.5. The number of nitrogens with zero attached hydrogens (tertiary/aromatic N) is 2. The SMILES string of the molecule is CCOc1ccc(N2C[C@H](C(=O)Oc3ccc(N4C(=O)[C@@H]5C6c7ccccc7C(c7ccccc76)[C@H]5C4=O)c(C)c3)CC2=O)cc1. The number of hydrogen-bond donors (Lipinski definition) is 0. The third kappa shape index (κ3) is 4.20. The summed E-state index contributed by atoms with van der Waals surface area (Å²) in [5, 5.41) is 0. The smallest absolute Gasteiger partial charge is 0.316 e. The topological polar surface area (TPSA) is 93.2 Å². The number of carbonyl (C=O) groups excluding carboxylic acids is 4. The summed E-state index contributed by atoms with van der Waals surface area (Å²) in [6.07, 6.45) is 0.0514. The van der Waals surface area contributed by atoms with Gasteiger partial charge in [-0.2, -0.15) is 0 Å². The lowest BCUT2D eigenvalue weighted by atomic mass is 9.55. The first-order chi connectivity index (χ1) is 22.4. The van der Waals surface area contributed by atoms with E-state index in [1.54, 1.807) is 54.3 Å². The highest BCUT2D eigenvalue weighted by Crippen LogP contribution is 2.61. The minimum atomic E-state index is -0.623. The third-order valence-electron chi connectivity index (χ3n) is 9.99. The lowest BCUT2D eigenvalue weighted by molar-refractivity contribution is -0.139. The highest BCUT2D eigenvalue weighted by atomic mass is 16.5. The molecule has 2 heterocycles. The van der Waals surface area contributed by atoms with Gasteiger partial charge in [-0.25, -0.2) is 4.90 Å². The predicted molar refractivity (Wildman–Crippen MR) is 171 cm³/mol. The van der Waals surface area contributed by atoms with Crippen LogP contribution in [-0.2, 0) is 19.2 Å². The van der Waals surface area contributed by atoms with Crippen molar-refractivity contribution in [3.63, 3.8) is 0 Å². The summed E-state index contributed by atoms with van der Waals surface area (Å²) in [6, 6.07) is 28.5. The predicted octanol–water partition coefficient (Wildman–Crippen LogP) is 5.75. The van der Waals surface area contributed by atoms with Gasteiger partial charge in [-0.05, 0) is 84.1 Å². The molecule has 0 unspecified atom stereocenters. The maximum atomic E-state index is 14.2. The average molecular weight is 613 g/mol. The van der Waals surface area contributed by atoms with Gasteiger partial charge in [-0.3, -0.25) is 19.2 Å². The normalized spacial score (nSPS) is 24.1. The maximum Gasteiger partial charge on any atom is 0.316 e. The number of ether oxygens (including phenoxy) is 2. The quantitative estimate of drug-likeness (QED) is 0.157.